The molecule has 0 amide bonds. The quantitative estimate of drug-likeness (QED) is 0.794. The van der Waals surface area contributed by atoms with Crippen LogP contribution in [-0.2, 0) is 0 Å². The summed E-state index contributed by atoms with van der Waals surface area (Å²) in [7, 11) is 0. The molecule has 20 heavy (non-hydrogen) atoms. The highest BCUT2D eigenvalue weighted by Gasteiger charge is 2.23. The number of carbonyl (C=O) groups is 1. The summed E-state index contributed by atoms with van der Waals surface area (Å²) in [6, 6.07) is 5.64. The van der Waals surface area contributed by atoms with Gasteiger partial charge in [-0.15, -0.1) is 0 Å². The SMILES string of the molecule is CCC(CC)N(CC(C)C)c1cccc(Cl)c1C(=O)O. The first-order chi connectivity index (χ1) is 9.42. The largest absolute Gasteiger partial charge is 0.478 e. The van der Waals surface area contributed by atoms with E-state index in [-0.39, 0.29) is 5.56 Å². The van der Waals surface area contributed by atoms with Gasteiger partial charge in [0.2, 0.25) is 0 Å². The fourth-order valence-corrected chi connectivity index (χ4v) is 2.78. The highest BCUT2D eigenvalue weighted by molar-refractivity contribution is 6.34. The van der Waals surface area contributed by atoms with Crippen LogP contribution in [0.15, 0.2) is 18.2 Å². The molecule has 0 fully saturated rings. The molecular formula is C16H24ClNO2. The Labute approximate surface area is 126 Å². The summed E-state index contributed by atoms with van der Waals surface area (Å²) in [5.41, 5.74) is 0.939. The molecule has 0 heterocycles. The van der Waals surface area contributed by atoms with Gasteiger partial charge < -0.3 is 10.0 Å². The van der Waals surface area contributed by atoms with E-state index in [2.05, 4.69) is 32.6 Å². The Hall–Kier alpha value is -1.22. The third-order valence-electron chi connectivity index (χ3n) is 3.46. The monoisotopic (exact) mass is 297 g/mol. The van der Waals surface area contributed by atoms with Crippen molar-refractivity contribution in [3.8, 4) is 0 Å². The van der Waals surface area contributed by atoms with Crippen molar-refractivity contribution in [2.24, 2.45) is 5.92 Å². The van der Waals surface area contributed by atoms with Gasteiger partial charge in [-0.3, -0.25) is 0 Å². The molecule has 1 N–H and O–H groups in total. The maximum Gasteiger partial charge on any atom is 0.339 e. The van der Waals surface area contributed by atoms with Gasteiger partial charge in [-0.1, -0.05) is 45.4 Å². The van der Waals surface area contributed by atoms with Crippen molar-refractivity contribution in [1.29, 1.82) is 0 Å². The van der Waals surface area contributed by atoms with Crippen molar-refractivity contribution in [3.05, 3.63) is 28.8 Å². The van der Waals surface area contributed by atoms with Crippen LogP contribution in [0.2, 0.25) is 5.02 Å². The lowest BCUT2D eigenvalue weighted by Gasteiger charge is -2.35. The maximum absolute atomic E-state index is 11.5. The van der Waals surface area contributed by atoms with E-state index >= 15 is 0 Å². The number of carboxylic acids is 1. The van der Waals surface area contributed by atoms with E-state index in [9.17, 15) is 9.90 Å². The zero-order valence-electron chi connectivity index (χ0n) is 12.7. The number of hydrogen-bond donors (Lipinski definition) is 1. The predicted molar refractivity (Wildman–Crippen MR) is 85.0 cm³/mol. The molecule has 0 aromatic heterocycles. The highest BCUT2D eigenvalue weighted by atomic mass is 35.5. The molecule has 0 saturated carbocycles. The van der Waals surface area contributed by atoms with Crippen LogP contribution in [-0.4, -0.2) is 23.7 Å². The molecule has 3 nitrogen and oxygen atoms in total. The number of halogens is 1. The van der Waals surface area contributed by atoms with Gasteiger partial charge in [0.1, 0.15) is 5.56 Å². The number of nitrogens with zero attached hydrogens (tertiary/aromatic N) is 1. The third kappa shape index (κ3) is 3.89. The summed E-state index contributed by atoms with van der Waals surface area (Å²) >= 11 is 6.09. The minimum atomic E-state index is -0.967. The second kappa shape index (κ2) is 7.53. The smallest absolute Gasteiger partial charge is 0.339 e. The molecule has 0 aliphatic heterocycles. The molecule has 1 aromatic carbocycles. The molecule has 1 rings (SSSR count). The third-order valence-corrected chi connectivity index (χ3v) is 3.77. The summed E-state index contributed by atoms with van der Waals surface area (Å²) in [4.78, 5) is 13.7. The minimum Gasteiger partial charge on any atom is -0.478 e. The first-order valence-corrected chi connectivity index (χ1v) is 7.58. The molecule has 0 spiro atoms. The zero-order chi connectivity index (χ0) is 15.3. The number of anilines is 1. The van der Waals surface area contributed by atoms with Crippen molar-refractivity contribution < 1.29 is 9.90 Å². The van der Waals surface area contributed by atoms with Gasteiger partial charge in [0.25, 0.3) is 0 Å². The highest BCUT2D eigenvalue weighted by Crippen LogP contribution is 2.31. The number of benzene rings is 1. The molecule has 0 unspecified atom stereocenters. The molecule has 0 atom stereocenters. The van der Waals surface area contributed by atoms with Crippen LogP contribution >= 0.6 is 11.6 Å². The van der Waals surface area contributed by atoms with Crippen LogP contribution in [0.4, 0.5) is 5.69 Å². The van der Waals surface area contributed by atoms with E-state index in [1.807, 2.05) is 12.1 Å². The van der Waals surface area contributed by atoms with E-state index in [4.69, 9.17) is 11.6 Å². The van der Waals surface area contributed by atoms with Crippen molar-refractivity contribution >= 4 is 23.3 Å². The van der Waals surface area contributed by atoms with Gasteiger partial charge in [0.15, 0.2) is 0 Å². The summed E-state index contributed by atoms with van der Waals surface area (Å²) in [5.74, 6) is -0.512. The summed E-state index contributed by atoms with van der Waals surface area (Å²) in [5, 5.41) is 9.75. The van der Waals surface area contributed by atoms with Crippen LogP contribution in [0, 0.1) is 5.92 Å². The van der Waals surface area contributed by atoms with Crippen LogP contribution in [0.5, 0.6) is 0 Å². The summed E-state index contributed by atoms with van der Waals surface area (Å²) in [6.45, 7) is 9.37. The average molecular weight is 298 g/mol. The van der Waals surface area contributed by atoms with Crippen LogP contribution in [0.25, 0.3) is 0 Å². The van der Waals surface area contributed by atoms with Gasteiger partial charge in [0, 0.05) is 12.6 Å². The minimum absolute atomic E-state index is 0.210. The fourth-order valence-electron chi connectivity index (χ4n) is 2.53. The second-order valence-electron chi connectivity index (χ2n) is 5.46. The Kier molecular flexibility index (Phi) is 6.34. The van der Waals surface area contributed by atoms with Crippen molar-refractivity contribution in [2.75, 3.05) is 11.4 Å². The van der Waals surface area contributed by atoms with Gasteiger partial charge in [-0.25, -0.2) is 4.79 Å². The van der Waals surface area contributed by atoms with E-state index in [0.717, 1.165) is 25.1 Å². The van der Waals surface area contributed by atoms with E-state index < -0.39 is 5.97 Å². The number of aromatic carboxylic acids is 1. The normalized spacial score (nSPS) is 11.2. The van der Waals surface area contributed by atoms with Crippen molar-refractivity contribution in [2.45, 2.75) is 46.6 Å². The van der Waals surface area contributed by atoms with Crippen molar-refractivity contribution in [1.82, 2.24) is 0 Å². The number of carboxylic acid groups (broad SMARTS) is 1. The molecule has 0 aliphatic rings. The number of rotatable bonds is 7. The second-order valence-corrected chi connectivity index (χ2v) is 5.86. The lowest BCUT2D eigenvalue weighted by Crippen LogP contribution is -2.38. The standard InChI is InChI=1S/C16H24ClNO2/c1-5-12(6-2)18(10-11(3)4)14-9-7-8-13(17)15(14)16(19)20/h7-9,11-12H,5-6,10H2,1-4H3,(H,19,20). The summed E-state index contributed by atoms with van der Waals surface area (Å²) in [6.07, 6.45) is 1.96. The Bertz CT molecular complexity index is 456. The first-order valence-electron chi connectivity index (χ1n) is 7.20. The molecule has 1 aromatic rings. The van der Waals surface area contributed by atoms with E-state index in [1.54, 1.807) is 6.07 Å². The first kappa shape index (κ1) is 16.8. The van der Waals surface area contributed by atoms with Crippen LogP contribution < -0.4 is 4.90 Å². The summed E-state index contributed by atoms with van der Waals surface area (Å²) < 4.78 is 0. The predicted octanol–water partition coefficient (Wildman–Crippen LogP) is 4.69. The van der Waals surface area contributed by atoms with E-state index in [1.165, 1.54) is 0 Å². The van der Waals surface area contributed by atoms with Crippen LogP contribution in [0.3, 0.4) is 0 Å². The lowest BCUT2D eigenvalue weighted by atomic mass is 10.0. The fraction of sp³-hybridized carbons (Fsp3) is 0.562. The Morgan fingerprint density at radius 2 is 1.90 bits per heavy atom. The molecule has 0 saturated heterocycles. The molecule has 112 valence electrons. The van der Waals surface area contributed by atoms with E-state index in [0.29, 0.717) is 17.0 Å². The van der Waals surface area contributed by atoms with Gasteiger partial charge in [-0.05, 0) is 30.9 Å². The van der Waals surface area contributed by atoms with Gasteiger partial charge in [-0.2, -0.15) is 0 Å². The Balaban J connectivity index is 3.33. The number of hydrogen-bond acceptors (Lipinski definition) is 2. The average Bonchev–Trinajstić information content (AvgIpc) is 2.37. The molecular weight excluding hydrogens is 274 g/mol. The molecule has 0 aliphatic carbocycles. The molecule has 4 heteroatoms. The molecule has 0 bridgehead atoms. The topological polar surface area (TPSA) is 40.5 Å². The van der Waals surface area contributed by atoms with Crippen LogP contribution in [0.1, 0.15) is 50.9 Å². The lowest BCUT2D eigenvalue weighted by molar-refractivity contribution is 0.0697. The van der Waals surface area contributed by atoms with Gasteiger partial charge in [0.05, 0.1) is 10.7 Å². The zero-order valence-corrected chi connectivity index (χ0v) is 13.4. The molecule has 0 radical (unpaired) electrons. The van der Waals surface area contributed by atoms with Crippen molar-refractivity contribution in [3.63, 3.8) is 0 Å². The Morgan fingerprint density at radius 1 is 1.30 bits per heavy atom. The maximum atomic E-state index is 11.5. The Morgan fingerprint density at radius 3 is 2.35 bits per heavy atom. The van der Waals surface area contributed by atoms with Gasteiger partial charge >= 0.3 is 5.97 Å².